The van der Waals surface area contributed by atoms with E-state index in [0.717, 1.165) is 41.8 Å². The standard InChI is InChI=1S/C24H24N6O3/c1-2-13-12-26-23(28-18-8-6-15(21(25)31)10-17(18)14-4-3-5-14)30-22(13)27-16-7-9-20-19(11-16)29-24(32)33-20/h6-12,14H,2-5H2,1H3,(H2,25,31)(H,29,32)(H2,26,27,28,30). The van der Waals surface area contributed by atoms with Crippen LogP contribution in [0.3, 0.4) is 0 Å². The second-order valence-corrected chi connectivity index (χ2v) is 8.19. The van der Waals surface area contributed by atoms with Crippen LogP contribution in [0.2, 0.25) is 0 Å². The van der Waals surface area contributed by atoms with Crippen molar-refractivity contribution in [1.29, 1.82) is 0 Å². The molecule has 0 aliphatic heterocycles. The van der Waals surface area contributed by atoms with Gasteiger partial charge in [0.25, 0.3) is 0 Å². The highest BCUT2D eigenvalue weighted by atomic mass is 16.4. The number of aryl methyl sites for hydroxylation is 1. The number of benzene rings is 2. The van der Waals surface area contributed by atoms with Gasteiger partial charge in [-0.05, 0) is 67.1 Å². The van der Waals surface area contributed by atoms with Crippen molar-refractivity contribution in [1.82, 2.24) is 15.0 Å². The van der Waals surface area contributed by atoms with Gasteiger partial charge in [-0.25, -0.2) is 9.78 Å². The summed E-state index contributed by atoms with van der Waals surface area (Å²) in [5.74, 6) is 0.574. The molecule has 1 fully saturated rings. The summed E-state index contributed by atoms with van der Waals surface area (Å²) in [5.41, 5.74) is 10.7. The number of aromatic amines is 1. The lowest BCUT2D eigenvalue weighted by Crippen LogP contribution is -2.15. The number of primary amides is 1. The summed E-state index contributed by atoms with van der Waals surface area (Å²) in [5, 5.41) is 6.64. The lowest BCUT2D eigenvalue weighted by Gasteiger charge is -2.28. The second kappa shape index (κ2) is 8.42. The first-order valence-corrected chi connectivity index (χ1v) is 11.0. The molecule has 168 valence electrons. The lowest BCUT2D eigenvalue weighted by molar-refractivity contribution is 0.1000. The molecule has 9 nitrogen and oxygen atoms in total. The first-order chi connectivity index (χ1) is 16.0. The number of rotatable bonds is 7. The Labute approximate surface area is 189 Å². The fraction of sp³-hybridized carbons (Fsp3) is 0.250. The number of amides is 1. The third kappa shape index (κ3) is 4.17. The zero-order chi connectivity index (χ0) is 22.9. The van der Waals surface area contributed by atoms with Gasteiger partial charge in [0, 0.05) is 28.7 Å². The van der Waals surface area contributed by atoms with Crippen molar-refractivity contribution < 1.29 is 9.21 Å². The molecule has 5 rings (SSSR count). The Morgan fingerprint density at radius 3 is 2.79 bits per heavy atom. The minimum atomic E-state index is -0.491. The molecule has 2 heterocycles. The summed E-state index contributed by atoms with van der Waals surface area (Å²) in [6.07, 6.45) is 5.87. The number of nitrogens with one attached hydrogen (secondary N) is 3. The van der Waals surface area contributed by atoms with Crippen molar-refractivity contribution in [2.24, 2.45) is 5.73 Å². The molecule has 1 amide bonds. The van der Waals surface area contributed by atoms with Gasteiger partial charge in [-0.15, -0.1) is 0 Å². The van der Waals surface area contributed by atoms with E-state index in [1.54, 1.807) is 24.4 Å². The zero-order valence-electron chi connectivity index (χ0n) is 18.1. The van der Waals surface area contributed by atoms with E-state index in [1.807, 2.05) is 25.1 Å². The highest BCUT2D eigenvalue weighted by Gasteiger charge is 2.23. The van der Waals surface area contributed by atoms with Crippen molar-refractivity contribution in [3.05, 3.63) is 69.8 Å². The minimum Gasteiger partial charge on any atom is -0.408 e. The largest absolute Gasteiger partial charge is 0.417 e. The number of hydrogen-bond donors (Lipinski definition) is 4. The summed E-state index contributed by atoms with van der Waals surface area (Å²) >= 11 is 0. The zero-order valence-corrected chi connectivity index (χ0v) is 18.1. The van der Waals surface area contributed by atoms with Gasteiger partial charge in [0.15, 0.2) is 5.58 Å². The van der Waals surface area contributed by atoms with Gasteiger partial charge >= 0.3 is 5.76 Å². The number of nitrogens with zero attached hydrogens (tertiary/aromatic N) is 2. The molecule has 0 saturated heterocycles. The average molecular weight is 444 g/mol. The van der Waals surface area contributed by atoms with Crippen LogP contribution < -0.4 is 22.1 Å². The normalized spacial score (nSPS) is 13.6. The predicted octanol–water partition coefficient (Wildman–Crippen LogP) is 4.33. The third-order valence-electron chi connectivity index (χ3n) is 6.05. The Kier molecular flexibility index (Phi) is 5.29. The molecule has 0 bridgehead atoms. The molecule has 0 atom stereocenters. The molecule has 2 aromatic carbocycles. The number of carbonyl (C=O) groups excluding carboxylic acids is 1. The monoisotopic (exact) mass is 444 g/mol. The van der Waals surface area contributed by atoms with Crippen LogP contribution in [0.5, 0.6) is 0 Å². The van der Waals surface area contributed by atoms with E-state index in [1.165, 1.54) is 6.42 Å². The predicted molar refractivity (Wildman–Crippen MR) is 126 cm³/mol. The Morgan fingerprint density at radius 1 is 1.21 bits per heavy atom. The van der Waals surface area contributed by atoms with Gasteiger partial charge in [-0.1, -0.05) is 13.3 Å². The van der Waals surface area contributed by atoms with Crippen LogP contribution in [-0.4, -0.2) is 20.9 Å². The Balaban J connectivity index is 1.45. The molecule has 0 unspecified atom stereocenters. The van der Waals surface area contributed by atoms with Crippen LogP contribution in [-0.2, 0) is 6.42 Å². The van der Waals surface area contributed by atoms with Crippen molar-refractivity contribution in [2.75, 3.05) is 10.6 Å². The average Bonchev–Trinajstić information content (AvgIpc) is 3.13. The van der Waals surface area contributed by atoms with Crippen molar-refractivity contribution in [2.45, 2.75) is 38.5 Å². The summed E-state index contributed by atoms with van der Waals surface area (Å²) in [6, 6.07) is 10.8. The van der Waals surface area contributed by atoms with Gasteiger partial charge in [-0.2, -0.15) is 4.98 Å². The summed E-state index contributed by atoms with van der Waals surface area (Å²) < 4.78 is 5.07. The van der Waals surface area contributed by atoms with Crippen molar-refractivity contribution in [3.8, 4) is 0 Å². The highest BCUT2D eigenvalue weighted by Crippen LogP contribution is 2.41. The van der Waals surface area contributed by atoms with E-state index in [4.69, 9.17) is 15.1 Å². The van der Waals surface area contributed by atoms with Crippen molar-refractivity contribution in [3.63, 3.8) is 0 Å². The minimum absolute atomic E-state index is 0.392. The quantitative estimate of drug-likeness (QED) is 0.333. The van der Waals surface area contributed by atoms with Gasteiger partial charge in [0.2, 0.25) is 11.9 Å². The molecule has 2 aromatic heterocycles. The maximum Gasteiger partial charge on any atom is 0.417 e. The van der Waals surface area contributed by atoms with E-state index < -0.39 is 11.7 Å². The first kappa shape index (κ1) is 20.7. The fourth-order valence-electron chi connectivity index (χ4n) is 4.01. The van der Waals surface area contributed by atoms with Gasteiger partial charge < -0.3 is 20.8 Å². The number of nitrogens with two attached hydrogens (primary N) is 1. The van der Waals surface area contributed by atoms with E-state index in [-0.39, 0.29) is 0 Å². The molecule has 1 aliphatic rings. The molecule has 9 heteroatoms. The molecule has 0 radical (unpaired) electrons. The number of oxazole rings is 1. The lowest BCUT2D eigenvalue weighted by atomic mass is 9.79. The molecule has 1 saturated carbocycles. The van der Waals surface area contributed by atoms with Crippen LogP contribution in [0.1, 0.15) is 53.6 Å². The number of carbonyl (C=O) groups is 1. The summed E-state index contributed by atoms with van der Waals surface area (Å²) in [6.45, 7) is 2.03. The number of aromatic nitrogens is 3. The third-order valence-corrected chi connectivity index (χ3v) is 6.05. The molecular formula is C24H24N6O3. The van der Waals surface area contributed by atoms with Crippen molar-refractivity contribution >= 4 is 40.1 Å². The number of H-pyrrole nitrogens is 1. The summed E-state index contributed by atoms with van der Waals surface area (Å²) in [7, 11) is 0. The van der Waals surface area contributed by atoms with Crippen LogP contribution >= 0.6 is 0 Å². The molecular weight excluding hydrogens is 420 g/mol. The van der Waals surface area contributed by atoms with Gasteiger partial charge in [-0.3, -0.25) is 9.78 Å². The number of fused-ring (bicyclic) bond motifs is 1. The van der Waals surface area contributed by atoms with Gasteiger partial charge in [0.05, 0.1) is 5.52 Å². The topological polar surface area (TPSA) is 139 Å². The molecule has 4 aromatic rings. The Hall–Kier alpha value is -4.14. The van der Waals surface area contributed by atoms with E-state index in [0.29, 0.717) is 34.3 Å². The molecule has 0 spiro atoms. The Morgan fingerprint density at radius 2 is 2.06 bits per heavy atom. The first-order valence-electron chi connectivity index (χ1n) is 11.0. The van der Waals surface area contributed by atoms with Crippen LogP contribution in [0.15, 0.2) is 51.8 Å². The van der Waals surface area contributed by atoms with Crippen LogP contribution in [0.4, 0.5) is 23.1 Å². The molecule has 1 aliphatic carbocycles. The summed E-state index contributed by atoms with van der Waals surface area (Å²) in [4.78, 5) is 35.0. The molecule has 33 heavy (non-hydrogen) atoms. The number of hydrogen-bond acceptors (Lipinski definition) is 7. The fourth-order valence-corrected chi connectivity index (χ4v) is 4.01. The van der Waals surface area contributed by atoms with E-state index >= 15 is 0 Å². The second-order valence-electron chi connectivity index (χ2n) is 8.19. The van der Waals surface area contributed by atoms with Crippen LogP contribution in [0.25, 0.3) is 11.1 Å². The van der Waals surface area contributed by atoms with E-state index in [9.17, 15) is 9.59 Å². The maximum atomic E-state index is 11.7. The van der Waals surface area contributed by atoms with Gasteiger partial charge in [0.1, 0.15) is 5.82 Å². The van der Waals surface area contributed by atoms with E-state index in [2.05, 4.69) is 20.6 Å². The highest BCUT2D eigenvalue weighted by molar-refractivity contribution is 5.93. The number of anilines is 4. The smallest absolute Gasteiger partial charge is 0.408 e. The molecule has 5 N–H and O–H groups in total. The maximum absolute atomic E-state index is 11.7. The Bertz CT molecular complexity index is 1400. The SMILES string of the molecule is CCc1cnc(Nc2ccc(C(N)=O)cc2C2CCC2)nc1Nc1ccc2oc(=O)[nH]c2c1. The van der Waals surface area contributed by atoms with Crippen LogP contribution in [0, 0.1) is 0 Å².